The van der Waals surface area contributed by atoms with Gasteiger partial charge in [0.15, 0.2) is 12.1 Å². The highest BCUT2D eigenvalue weighted by Crippen LogP contribution is 2.30. The number of rotatable bonds is 2. The monoisotopic (exact) mass is 256 g/mol. The highest BCUT2D eigenvalue weighted by Gasteiger charge is 2.30. The maximum Gasteiger partial charge on any atom is 0.416 e. The van der Waals surface area contributed by atoms with Gasteiger partial charge in [-0.2, -0.15) is 13.2 Å². The van der Waals surface area contributed by atoms with E-state index in [1.165, 1.54) is 12.1 Å². The number of aromatic nitrogens is 1. The van der Waals surface area contributed by atoms with Crippen LogP contribution in [0.3, 0.4) is 0 Å². The van der Waals surface area contributed by atoms with Gasteiger partial charge in [-0.15, -0.1) is 0 Å². The lowest BCUT2D eigenvalue weighted by Crippen LogP contribution is -2.13. The Hall–Kier alpha value is -2.31. The highest BCUT2D eigenvalue weighted by molar-refractivity contribution is 6.02. The molecule has 1 N–H and O–H groups in total. The zero-order valence-electron chi connectivity index (χ0n) is 8.86. The quantitative estimate of drug-likeness (QED) is 0.898. The van der Waals surface area contributed by atoms with E-state index < -0.39 is 17.6 Å². The second-order valence-corrected chi connectivity index (χ2v) is 3.41. The van der Waals surface area contributed by atoms with E-state index in [0.717, 1.165) is 24.8 Å². The molecule has 18 heavy (non-hydrogen) atoms. The number of hydrogen-bond donors (Lipinski definition) is 1. The summed E-state index contributed by atoms with van der Waals surface area (Å²) in [5.41, 5.74) is -0.800. The maximum absolute atomic E-state index is 12.4. The van der Waals surface area contributed by atoms with Crippen LogP contribution >= 0.6 is 0 Å². The van der Waals surface area contributed by atoms with E-state index in [0.29, 0.717) is 0 Å². The van der Waals surface area contributed by atoms with Gasteiger partial charge in [0.25, 0.3) is 5.91 Å². The number of amides is 1. The SMILES string of the molecule is O=C(Nc1cccc(C(F)(F)F)c1)c1cocn1. The van der Waals surface area contributed by atoms with Gasteiger partial charge in [0.1, 0.15) is 6.26 Å². The smallest absolute Gasteiger partial charge is 0.416 e. The number of oxazole rings is 1. The lowest BCUT2D eigenvalue weighted by molar-refractivity contribution is -0.137. The van der Waals surface area contributed by atoms with Crippen molar-refractivity contribution in [3.8, 4) is 0 Å². The first-order chi connectivity index (χ1) is 8.47. The molecule has 1 amide bonds. The van der Waals surface area contributed by atoms with Gasteiger partial charge in [0.2, 0.25) is 0 Å². The number of halogens is 3. The van der Waals surface area contributed by atoms with Crippen LogP contribution in [0, 0.1) is 0 Å². The zero-order chi connectivity index (χ0) is 13.2. The van der Waals surface area contributed by atoms with Crippen LogP contribution < -0.4 is 5.32 Å². The Bertz CT molecular complexity index is 550. The molecule has 0 fully saturated rings. The Morgan fingerprint density at radius 1 is 1.33 bits per heavy atom. The third kappa shape index (κ3) is 2.68. The van der Waals surface area contributed by atoms with Crippen molar-refractivity contribution in [3.63, 3.8) is 0 Å². The number of carbonyl (C=O) groups excluding carboxylic acids is 1. The highest BCUT2D eigenvalue weighted by atomic mass is 19.4. The van der Waals surface area contributed by atoms with Crippen LogP contribution in [-0.2, 0) is 6.18 Å². The zero-order valence-corrected chi connectivity index (χ0v) is 8.86. The van der Waals surface area contributed by atoms with Crippen LogP contribution in [0.5, 0.6) is 0 Å². The molecule has 1 aromatic heterocycles. The fourth-order valence-corrected chi connectivity index (χ4v) is 1.29. The first-order valence-corrected chi connectivity index (χ1v) is 4.83. The summed E-state index contributed by atoms with van der Waals surface area (Å²) in [6, 6.07) is 4.33. The fraction of sp³-hybridized carbons (Fsp3) is 0.0909. The summed E-state index contributed by atoms with van der Waals surface area (Å²) in [7, 11) is 0. The van der Waals surface area contributed by atoms with E-state index in [-0.39, 0.29) is 11.4 Å². The number of hydrogen-bond acceptors (Lipinski definition) is 3. The molecule has 0 radical (unpaired) electrons. The predicted molar refractivity (Wildman–Crippen MR) is 55.9 cm³/mol. The second-order valence-electron chi connectivity index (χ2n) is 3.41. The van der Waals surface area contributed by atoms with Gasteiger partial charge in [0.05, 0.1) is 5.56 Å². The van der Waals surface area contributed by atoms with Crippen LogP contribution in [-0.4, -0.2) is 10.9 Å². The number of nitrogens with one attached hydrogen (secondary N) is 1. The molecule has 0 unspecified atom stereocenters. The number of nitrogens with zero attached hydrogens (tertiary/aromatic N) is 1. The average Bonchev–Trinajstić information content (AvgIpc) is 2.81. The van der Waals surface area contributed by atoms with Crippen molar-refractivity contribution in [1.29, 1.82) is 0 Å². The van der Waals surface area contributed by atoms with Crippen molar-refractivity contribution < 1.29 is 22.4 Å². The molecular weight excluding hydrogens is 249 g/mol. The van der Waals surface area contributed by atoms with Gasteiger partial charge in [0, 0.05) is 5.69 Å². The molecule has 0 spiro atoms. The number of benzene rings is 1. The summed E-state index contributed by atoms with van der Waals surface area (Å²) < 4.78 is 41.9. The molecule has 1 heterocycles. The van der Waals surface area contributed by atoms with Crippen LogP contribution in [0.2, 0.25) is 0 Å². The molecule has 0 aliphatic rings. The third-order valence-electron chi connectivity index (χ3n) is 2.11. The molecule has 0 saturated carbocycles. The van der Waals surface area contributed by atoms with E-state index in [2.05, 4.69) is 14.7 Å². The summed E-state index contributed by atoms with van der Waals surface area (Å²) in [5, 5.41) is 2.30. The van der Waals surface area contributed by atoms with Crippen molar-refractivity contribution in [1.82, 2.24) is 4.98 Å². The predicted octanol–water partition coefficient (Wildman–Crippen LogP) is 2.95. The molecule has 0 saturated heterocycles. The van der Waals surface area contributed by atoms with Gasteiger partial charge in [-0.05, 0) is 18.2 Å². The van der Waals surface area contributed by atoms with Crippen LogP contribution in [0.4, 0.5) is 18.9 Å². The average molecular weight is 256 g/mol. The normalized spacial score (nSPS) is 11.3. The Labute approximate surface area is 99.4 Å². The molecule has 0 atom stereocenters. The van der Waals surface area contributed by atoms with Crippen molar-refractivity contribution in [2.75, 3.05) is 5.32 Å². The van der Waals surface area contributed by atoms with Gasteiger partial charge >= 0.3 is 6.18 Å². The Morgan fingerprint density at radius 3 is 2.72 bits per heavy atom. The topological polar surface area (TPSA) is 55.1 Å². The molecular formula is C11H7F3N2O2. The van der Waals surface area contributed by atoms with Gasteiger partial charge < -0.3 is 9.73 Å². The second kappa shape index (κ2) is 4.52. The van der Waals surface area contributed by atoms with E-state index >= 15 is 0 Å². The first-order valence-electron chi connectivity index (χ1n) is 4.83. The standard InChI is InChI=1S/C11H7F3N2O2/c12-11(13,14)7-2-1-3-8(4-7)16-10(17)9-5-18-6-15-9/h1-6H,(H,16,17). The van der Waals surface area contributed by atoms with Crippen molar-refractivity contribution >= 4 is 11.6 Å². The molecule has 94 valence electrons. The van der Waals surface area contributed by atoms with Crippen molar-refractivity contribution in [2.24, 2.45) is 0 Å². The number of alkyl halides is 3. The summed E-state index contributed by atoms with van der Waals surface area (Å²) >= 11 is 0. The molecule has 4 nitrogen and oxygen atoms in total. The minimum Gasteiger partial charge on any atom is -0.451 e. The lowest BCUT2D eigenvalue weighted by Gasteiger charge is -2.08. The van der Waals surface area contributed by atoms with Crippen molar-refractivity contribution in [3.05, 3.63) is 48.2 Å². The minimum atomic E-state index is -4.45. The van der Waals surface area contributed by atoms with Gasteiger partial charge in [-0.1, -0.05) is 6.07 Å². The molecule has 0 bridgehead atoms. The largest absolute Gasteiger partial charge is 0.451 e. The minimum absolute atomic E-state index is 0.00703. The molecule has 0 aliphatic carbocycles. The number of anilines is 1. The fourth-order valence-electron chi connectivity index (χ4n) is 1.29. The van der Waals surface area contributed by atoms with E-state index in [4.69, 9.17) is 0 Å². The molecule has 0 aliphatic heterocycles. The molecule has 1 aromatic carbocycles. The molecule has 7 heteroatoms. The summed E-state index contributed by atoms with van der Waals surface area (Å²) in [6.07, 6.45) is -2.29. The van der Waals surface area contributed by atoms with Crippen molar-refractivity contribution in [2.45, 2.75) is 6.18 Å². The lowest BCUT2D eigenvalue weighted by atomic mass is 10.2. The summed E-state index contributed by atoms with van der Waals surface area (Å²) in [4.78, 5) is 15.1. The van der Waals surface area contributed by atoms with E-state index in [1.54, 1.807) is 0 Å². The first kappa shape index (κ1) is 12.2. The van der Waals surface area contributed by atoms with E-state index in [1.807, 2.05) is 0 Å². The van der Waals surface area contributed by atoms with Crippen LogP contribution in [0.15, 0.2) is 41.3 Å². The van der Waals surface area contributed by atoms with Gasteiger partial charge in [-0.3, -0.25) is 4.79 Å². The molecule has 2 rings (SSSR count). The van der Waals surface area contributed by atoms with Gasteiger partial charge in [-0.25, -0.2) is 4.98 Å². The van der Waals surface area contributed by atoms with E-state index in [9.17, 15) is 18.0 Å². The number of carbonyl (C=O) groups is 1. The molecule has 2 aromatic rings. The summed E-state index contributed by atoms with van der Waals surface area (Å²) in [5.74, 6) is -0.636. The summed E-state index contributed by atoms with van der Waals surface area (Å²) in [6.45, 7) is 0. The Balaban J connectivity index is 2.18. The Morgan fingerprint density at radius 2 is 2.11 bits per heavy atom. The van der Waals surface area contributed by atoms with Crippen LogP contribution in [0.25, 0.3) is 0 Å². The Kier molecular flexibility index (Phi) is 3.05. The maximum atomic E-state index is 12.4. The van der Waals surface area contributed by atoms with Crippen LogP contribution in [0.1, 0.15) is 16.1 Å². The third-order valence-corrected chi connectivity index (χ3v) is 2.11.